The van der Waals surface area contributed by atoms with E-state index in [1.165, 1.54) is 10.6 Å². The number of fused-ring (bicyclic) bond motifs is 1. The summed E-state index contributed by atoms with van der Waals surface area (Å²) < 4.78 is 41.4. The van der Waals surface area contributed by atoms with Crippen LogP contribution in [0.3, 0.4) is 0 Å². The monoisotopic (exact) mass is 417 g/mol. The summed E-state index contributed by atoms with van der Waals surface area (Å²) in [6, 6.07) is 8.78. The van der Waals surface area contributed by atoms with Crippen LogP contribution in [0.25, 0.3) is 16.6 Å². The van der Waals surface area contributed by atoms with Crippen LogP contribution in [-0.4, -0.2) is 21.3 Å². The fourth-order valence-electron chi connectivity index (χ4n) is 3.43. The first-order valence-corrected chi connectivity index (χ1v) is 9.39. The number of aromatic nitrogens is 1. The Morgan fingerprint density at radius 1 is 1.13 bits per heavy atom. The number of nitrogens with zero attached hydrogens (tertiary/aromatic N) is 2. The second-order valence-electron chi connectivity index (χ2n) is 7.20. The number of alkyl halides is 3. The first-order valence-electron chi connectivity index (χ1n) is 9.39. The maximum absolute atomic E-state index is 13.3. The third kappa shape index (κ3) is 4.03. The summed E-state index contributed by atoms with van der Waals surface area (Å²) >= 11 is 0. The van der Waals surface area contributed by atoms with Gasteiger partial charge in [-0.15, -0.1) is 0 Å². The molecule has 2 N–H and O–H groups in total. The van der Waals surface area contributed by atoms with E-state index in [-0.39, 0.29) is 35.0 Å². The largest absolute Gasteiger partial charge is 0.494 e. The highest BCUT2D eigenvalue weighted by Crippen LogP contribution is 2.39. The number of nitrogens with one attached hydrogen (secondary N) is 1. The highest BCUT2D eigenvalue weighted by atomic mass is 19.4. The SMILES string of the molecule is CCC(=O)N/N=C(/C)c1c(O)n(-c2cc(C)cc(C)c2)c2cc(C(F)(F)F)ccc12. The minimum Gasteiger partial charge on any atom is -0.494 e. The van der Waals surface area contributed by atoms with E-state index in [1.54, 1.807) is 26.0 Å². The van der Waals surface area contributed by atoms with Gasteiger partial charge in [0.05, 0.1) is 22.4 Å². The number of aryl methyl sites for hydroxylation is 2. The summed E-state index contributed by atoms with van der Waals surface area (Å²) in [6.07, 6.45) is -4.30. The molecule has 0 bridgehead atoms. The standard InChI is InChI=1S/C22H22F3N3O2/c1-5-19(29)27-26-14(4)20-17-7-6-15(22(23,24)25)11-18(17)28(21(20)30)16-9-12(2)8-13(3)10-16/h6-11,30H,5H2,1-4H3,(H,27,29)/b26-14-. The van der Waals surface area contributed by atoms with E-state index < -0.39 is 11.7 Å². The molecule has 0 saturated carbocycles. The first kappa shape index (κ1) is 21.4. The fourth-order valence-corrected chi connectivity index (χ4v) is 3.43. The Morgan fingerprint density at radius 2 is 1.77 bits per heavy atom. The number of hydrogen-bond acceptors (Lipinski definition) is 3. The van der Waals surface area contributed by atoms with Gasteiger partial charge in [0.1, 0.15) is 0 Å². The Kier molecular flexibility index (Phi) is 5.61. The highest BCUT2D eigenvalue weighted by Gasteiger charge is 2.32. The number of hydrazone groups is 1. The van der Waals surface area contributed by atoms with Crippen molar-refractivity contribution in [3.05, 3.63) is 58.7 Å². The predicted molar refractivity (Wildman–Crippen MR) is 110 cm³/mol. The Hall–Kier alpha value is -3.29. The summed E-state index contributed by atoms with van der Waals surface area (Å²) in [4.78, 5) is 11.5. The smallest absolute Gasteiger partial charge is 0.416 e. The average Bonchev–Trinajstić information content (AvgIpc) is 2.95. The van der Waals surface area contributed by atoms with Crippen molar-refractivity contribution < 1.29 is 23.1 Å². The van der Waals surface area contributed by atoms with E-state index in [9.17, 15) is 23.1 Å². The number of hydrogen-bond donors (Lipinski definition) is 2. The van der Waals surface area contributed by atoms with E-state index in [0.29, 0.717) is 11.1 Å². The van der Waals surface area contributed by atoms with Crippen LogP contribution in [0, 0.1) is 13.8 Å². The van der Waals surface area contributed by atoms with Gasteiger partial charge in [0.2, 0.25) is 11.8 Å². The van der Waals surface area contributed by atoms with E-state index >= 15 is 0 Å². The van der Waals surface area contributed by atoms with Gasteiger partial charge in [0.15, 0.2) is 0 Å². The lowest BCUT2D eigenvalue weighted by Gasteiger charge is -2.11. The summed E-state index contributed by atoms with van der Waals surface area (Å²) in [5, 5.41) is 15.4. The maximum Gasteiger partial charge on any atom is 0.416 e. The number of rotatable bonds is 4. The van der Waals surface area contributed by atoms with Crippen molar-refractivity contribution >= 4 is 22.5 Å². The predicted octanol–water partition coefficient (Wildman–Crippen LogP) is 5.22. The molecule has 0 saturated heterocycles. The molecule has 2 aromatic carbocycles. The van der Waals surface area contributed by atoms with Crippen molar-refractivity contribution in [3.8, 4) is 11.6 Å². The van der Waals surface area contributed by atoms with Crippen molar-refractivity contribution in [3.63, 3.8) is 0 Å². The summed E-state index contributed by atoms with van der Waals surface area (Å²) in [7, 11) is 0. The molecule has 1 aromatic heterocycles. The van der Waals surface area contributed by atoms with E-state index in [0.717, 1.165) is 23.3 Å². The molecule has 1 heterocycles. The molecule has 0 unspecified atom stereocenters. The molecule has 0 fully saturated rings. The van der Waals surface area contributed by atoms with Gasteiger partial charge in [-0.1, -0.05) is 19.1 Å². The normalized spacial score (nSPS) is 12.4. The van der Waals surface area contributed by atoms with Crippen molar-refractivity contribution in [1.82, 2.24) is 9.99 Å². The van der Waals surface area contributed by atoms with E-state index in [4.69, 9.17) is 0 Å². The van der Waals surface area contributed by atoms with Crippen molar-refractivity contribution in [1.29, 1.82) is 0 Å². The van der Waals surface area contributed by atoms with E-state index in [1.807, 2.05) is 19.9 Å². The molecule has 3 rings (SSSR count). The van der Waals surface area contributed by atoms with Crippen LogP contribution in [0.15, 0.2) is 41.5 Å². The lowest BCUT2D eigenvalue weighted by atomic mass is 10.1. The van der Waals surface area contributed by atoms with Gasteiger partial charge in [-0.3, -0.25) is 9.36 Å². The molecular formula is C22H22F3N3O2. The number of carbonyl (C=O) groups excluding carboxylic acids is 1. The maximum atomic E-state index is 13.3. The zero-order valence-corrected chi connectivity index (χ0v) is 17.1. The minimum absolute atomic E-state index is 0.193. The summed E-state index contributed by atoms with van der Waals surface area (Å²) in [5.41, 5.74) is 4.62. The van der Waals surface area contributed by atoms with Crippen molar-refractivity contribution in [2.45, 2.75) is 40.3 Å². The highest BCUT2D eigenvalue weighted by molar-refractivity contribution is 6.13. The quantitative estimate of drug-likeness (QED) is 0.451. The zero-order chi connectivity index (χ0) is 22.2. The minimum atomic E-state index is -4.53. The van der Waals surface area contributed by atoms with Crippen molar-refractivity contribution in [2.24, 2.45) is 5.10 Å². The molecule has 0 radical (unpaired) electrons. The van der Waals surface area contributed by atoms with Gasteiger partial charge in [0.25, 0.3) is 0 Å². The van der Waals surface area contributed by atoms with Crippen LogP contribution in [0.2, 0.25) is 0 Å². The molecule has 158 valence electrons. The van der Waals surface area contributed by atoms with Gasteiger partial charge < -0.3 is 5.11 Å². The van der Waals surface area contributed by atoms with Crippen LogP contribution in [0.5, 0.6) is 5.88 Å². The second-order valence-corrected chi connectivity index (χ2v) is 7.20. The molecule has 30 heavy (non-hydrogen) atoms. The molecule has 5 nitrogen and oxygen atoms in total. The van der Waals surface area contributed by atoms with Gasteiger partial charge in [-0.2, -0.15) is 18.3 Å². The zero-order valence-electron chi connectivity index (χ0n) is 17.1. The average molecular weight is 417 g/mol. The number of amides is 1. The Morgan fingerprint density at radius 3 is 2.33 bits per heavy atom. The molecule has 0 atom stereocenters. The Labute approximate surface area is 171 Å². The molecule has 0 aliphatic carbocycles. The molecule has 8 heteroatoms. The first-order chi connectivity index (χ1) is 14.0. The van der Waals surface area contributed by atoms with Crippen LogP contribution in [0.1, 0.15) is 42.5 Å². The molecule has 0 spiro atoms. The Balaban J connectivity index is 2.33. The molecule has 1 amide bonds. The van der Waals surface area contributed by atoms with Crippen LogP contribution >= 0.6 is 0 Å². The van der Waals surface area contributed by atoms with E-state index in [2.05, 4.69) is 10.5 Å². The van der Waals surface area contributed by atoms with Gasteiger partial charge in [-0.05, 0) is 56.2 Å². The lowest BCUT2D eigenvalue weighted by molar-refractivity contribution is -0.137. The second kappa shape index (κ2) is 7.85. The van der Waals surface area contributed by atoms with Crippen LogP contribution in [-0.2, 0) is 11.0 Å². The van der Waals surface area contributed by atoms with Crippen molar-refractivity contribution in [2.75, 3.05) is 0 Å². The third-order valence-corrected chi connectivity index (χ3v) is 4.77. The number of aromatic hydroxyl groups is 1. The number of halogens is 3. The Bertz CT molecular complexity index is 1140. The molecular weight excluding hydrogens is 395 g/mol. The topological polar surface area (TPSA) is 66.6 Å². The third-order valence-electron chi connectivity index (χ3n) is 4.77. The van der Waals surface area contributed by atoms with Crippen LogP contribution in [0.4, 0.5) is 13.2 Å². The molecule has 0 aliphatic heterocycles. The van der Waals surface area contributed by atoms with Gasteiger partial charge >= 0.3 is 6.18 Å². The number of benzene rings is 2. The summed E-state index contributed by atoms with van der Waals surface area (Å²) in [6.45, 7) is 6.98. The lowest BCUT2D eigenvalue weighted by Crippen LogP contribution is -2.17. The van der Waals surface area contributed by atoms with Gasteiger partial charge in [-0.25, -0.2) is 5.43 Å². The number of carbonyl (C=O) groups is 1. The fraction of sp³-hybridized carbons (Fsp3) is 0.273. The van der Waals surface area contributed by atoms with Crippen LogP contribution < -0.4 is 5.43 Å². The molecule has 3 aromatic rings. The summed E-state index contributed by atoms with van der Waals surface area (Å²) in [5.74, 6) is -0.562. The molecule has 0 aliphatic rings. The van der Waals surface area contributed by atoms with Gasteiger partial charge in [0, 0.05) is 17.5 Å².